The first-order valence-corrected chi connectivity index (χ1v) is 8.81. The summed E-state index contributed by atoms with van der Waals surface area (Å²) in [6.45, 7) is 10.8. The highest BCUT2D eigenvalue weighted by atomic mass is 28.2. The van der Waals surface area contributed by atoms with E-state index in [1.807, 2.05) is 6.08 Å². The van der Waals surface area contributed by atoms with Gasteiger partial charge in [-0.15, -0.1) is 0 Å². The van der Waals surface area contributed by atoms with Crippen molar-refractivity contribution in [3.63, 3.8) is 0 Å². The quantitative estimate of drug-likeness (QED) is 0.771. The molecule has 0 radical (unpaired) electrons. The van der Waals surface area contributed by atoms with Gasteiger partial charge in [0, 0.05) is 0 Å². The SMILES string of the molecule is C=Cc1cccc([SiH2]c2ccccc2COC(C)(C)C)c1. The fraction of sp³-hybridized carbons (Fsp3) is 0.263. The van der Waals surface area contributed by atoms with Crippen molar-refractivity contribution < 1.29 is 4.74 Å². The van der Waals surface area contributed by atoms with E-state index >= 15 is 0 Å². The summed E-state index contributed by atoms with van der Waals surface area (Å²) in [7, 11) is -0.486. The molecule has 0 aliphatic carbocycles. The van der Waals surface area contributed by atoms with Gasteiger partial charge in [-0.1, -0.05) is 71.6 Å². The van der Waals surface area contributed by atoms with Crippen LogP contribution < -0.4 is 10.4 Å². The van der Waals surface area contributed by atoms with Crippen LogP contribution in [0.5, 0.6) is 0 Å². The first-order valence-electron chi connectivity index (χ1n) is 7.40. The maximum absolute atomic E-state index is 5.94. The van der Waals surface area contributed by atoms with E-state index in [0.29, 0.717) is 6.61 Å². The maximum atomic E-state index is 5.94. The Bertz CT molecular complexity index is 611. The van der Waals surface area contributed by atoms with Gasteiger partial charge in [0.15, 0.2) is 0 Å². The van der Waals surface area contributed by atoms with E-state index in [1.54, 1.807) is 0 Å². The van der Waals surface area contributed by atoms with Gasteiger partial charge in [-0.25, -0.2) is 0 Å². The second-order valence-electron chi connectivity index (χ2n) is 6.30. The Balaban J connectivity index is 2.17. The summed E-state index contributed by atoms with van der Waals surface area (Å²) in [6.07, 6.45) is 1.91. The minimum atomic E-state index is -0.486. The lowest BCUT2D eigenvalue weighted by atomic mass is 10.2. The highest BCUT2D eigenvalue weighted by molar-refractivity contribution is 6.67. The van der Waals surface area contributed by atoms with E-state index in [4.69, 9.17) is 4.74 Å². The summed E-state index contributed by atoms with van der Waals surface area (Å²) in [5.41, 5.74) is 2.42. The Morgan fingerprint density at radius 2 is 1.86 bits per heavy atom. The van der Waals surface area contributed by atoms with Crippen LogP contribution in [0.2, 0.25) is 0 Å². The van der Waals surface area contributed by atoms with Crippen LogP contribution in [0.15, 0.2) is 55.1 Å². The van der Waals surface area contributed by atoms with Gasteiger partial charge in [-0.05, 0) is 31.9 Å². The first kappa shape index (κ1) is 15.7. The molecule has 0 heterocycles. The largest absolute Gasteiger partial charge is 0.371 e. The summed E-state index contributed by atoms with van der Waals surface area (Å²) in [4.78, 5) is 0. The van der Waals surface area contributed by atoms with Crippen LogP contribution in [0.25, 0.3) is 6.08 Å². The van der Waals surface area contributed by atoms with Crippen LogP contribution in [0.3, 0.4) is 0 Å². The fourth-order valence-electron chi connectivity index (χ4n) is 2.21. The summed E-state index contributed by atoms with van der Waals surface area (Å²) < 4.78 is 5.94. The van der Waals surface area contributed by atoms with Crippen molar-refractivity contribution in [1.82, 2.24) is 0 Å². The molecule has 0 atom stereocenters. The molecule has 1 nitrogen and oxygen atoms in total. The highest BCUT2D eigenvalue weighted by Gasteiger charge is 2.12. The Morgan fingerprint density at radius 3 is 2.57 bits per heavy atom. The molecule has 2 rings (SSSR count). The Morgan fingerprint density at radius 1 is 1.10 bits per heavy atom. The second-order valence-corrected chi connectivity index (χ2v) is 8.23. The molecule has 2 aromatic rings. The van der Waals surface area contributed by atoms with Crippen LogP contribution in [0.4, 0.5) is 0 Å². The van der Waals surface area contributed by atoms with Gasteiger partial charge >= 0.3 is 0 Å². The van der Waals surface area contributed by atoms with Crippen molar-refractivity contribution in [3.8, 4) is 0 Å². The third kappa shape index (κ3) is 4.99. The average molecular weight is 296 g/mol. The molecule has 0 N–H and O–H groups in total. The van der Waals surface area contributed by atoms with Crippen LogP contribution in [0, 0.1) is 0 Å². The Labute approximate surface area is 130 Å². The maximum Gasteiger partial charge on any atom is 0.0880 e. The molecule has 0 spiro atoms. The molecule has 2 aromatic carbocycles. The van der Waals surface area contributed by atoms with E-state index in [0.717, 1.165) is 0 Å². The van der Waals surface area contributed by atoms with Gasteiger partial charge in [-0.2, -0.15) is 0 Å². The minimum Gasteiger partial charge on any atom is -0.371 e. The van der Waals surface area contributed by atoms with Crippen LogP contribution in [-0.4, -0.2) is 15.1 Å². The molecular formula is C19H24OSi. The highest BCUT2D eigenvalue weighted by Crippen LogP contribution is 2.10. The third-order valence-electron chi connectivity index (χ3n) is 3.36. The molecule has 0 aromatic heterocycles. The van der Waals surface area contributed by atoms with Crippen molar-refractivity contribution in [2.45, 2.75) is 33.0 Å². The van der Waals surface area contributed by atoms with Crippen molar-refractivity contribution in [2.24, 2.45) is 0 Å². The lowest BCUT2D eigenvalue weighted by Gasteiger charge is -2.20. The molecule has 0 saturated heterocycles. The minimum absolute atomic E-state index is 0.0998. The zero-order valence-electron chi connectivity index (χ0n) is 13.2. The monoisotopic (exact) mass is 296 g/mol. The predicted molar refractivity (Wildman–Crippen MR) is 95.3 cm³/mol. The number of ether oxygens (including phenoxy) is 1. The molecule has 0 fully saturated rings. The molecule has 0 unspecified atom stereocenters. The lowest BCUT2D eigenvalue weighted by Crippen LogP contribution is -2.31. The van der Waals surface area contributed by atoms with E-state index < -0.39 is 9.52 Å². The zero-order valence-corrected chi connectivity index (χ0v) is 14.6. The molecule has 110 valence electrons. The number of hydrogen-bond acceptors (Lipinski definition) is 1. The van der Waals surface area contributed by atoms with Gasteiger partial charge in [0.05, 0.1) is 21.7 Å². The zero-order chi connectivity index (χ0) is 15.3. The Hall–Kier alpha value is -1.64. The Kier molecular flexibility index (Phi) is 5.15. The number of rotatable bonds is 5. The van der Waals surface area contributed by atoms with Gasteiger partial charge < -0.3 is 4.74 Å². The molecular weight excluding hydrogens is 272 g/mol. The predicted octanol–water partition coefficient (Wildman–Crippen LogP) is 2.76. The van der Waals surface area contributed by atoms with Crippen molar-refractivity contribution >= 4 is 26.0 Å². The second kappa shape index (κ2) is 6.88. The molecule has 0 aliphatic heterocycles. The average Bonchev–Trinajstić information content (AvgIpc) is 2.46. The third-order valence-corrected chi connectivity index (χ3v) is 5.28. The summed E-state index contributed by atoms with van der Waals surface area (Å²) in [6, 6.07) is 17.3. The van der Waals surface area contributed by atoms with Gasteiger partial charge in [0.1, 0.15) is 0 Å². The smallest absolute Gasteiger partial charge is 0.0880 e. The molecule has 0 saturated carbocycles. The normalized spacial score (nSPS) is 12.0. The van der Waals surface area contributed by atoms with E-state index in [2.05, 4.69) is 75.9 Å². The van der Waals surface area contributed by atoms with Crippen LogP contribution in [-0.2, 0) is 11.3 Å². The van der Waals surface area contributed by atoms with E-state index in [-0.39, 0.29) is 5.60 Å². The van der Waals surface area contributed by atoms with E-state index in [9.17, 15) is 0 Å². The molecule has 0 amide bonds. The first-order chi connectivity index (χ1) is 9.98. The van der Waals surface area contributed by atoms with Crippen molar-refractivity contribution in [1.29, 1.82) is 0 Å². The number of hydrogen-bond donors (Lipinski definition) is 0. The molecule has 0 aliphatic rings. The fourth-order valence-corrected chi connectivity index (χ4v) is 3.95. The van der Waals surface area contributed by atoms with Gasteiger partial charge in [0.25, 0.3) is 0 Å². The number of benzene rings is 2. The van der Waals surface area contributed by atoms with Crippen molar-refractivity contribution in [2.75, 3.05) is 0 Å². The molecule has 21 heavy (non-hydrogen) atoms. The van der Waals surface area contributed by atoms with Crippen LogP contribution >= 0.6 is 0 Å². The molecule has 0 bridgehead atoms. The topological polar surface area (TPSA) is 9.23 Å². The van der Waals surface area contributed by atoms with Crippen LogP contribution in [0.1, 0.15) is 31.9 Å². The lowest BCUT2D eigenvalue weighted by molar-refractivity contribution is -0.0146. The van der Waals surface area contributed by atoms with Crippen molar-refractivity contribution in [3.05, 3.63) is 66.2 Å². The summed E-state index contributed by atoms with van der Waals surface area (Å²) in [5, 5.41) is 2.90. The van der Waals surface area contributed by atoms with Gasteiger partial charge in [0.2, 0.25) is 0 Å². The van der Waals surface area contributed by atoms with Gasteiger partial charge in [-0.3, -0.25) is 0 Å². The summed E-state index contributed by atoms with van der Waals surface area (Å²) >= 11 is 0. The standard InChI is InChI=1S/C19H24OSi/c1-5-15-9-8-11-17(13-15)21-18-12-7-6-10-16(18)14-20-19(2,3)4/h5-13H,1,14,21H2,2-4H3. The summed E-state index contributed by atoms with van der Waals surface area (Å²) in [5.74, 6) is 0. The van der Waals surface area contributed by atoms with E-state index in [1.165, 1.54) is 21.5 Å². The molecule has 2 heteroatoms.